The quantitative estimate of drug-likeness (QED) is 0.227. The summed E-state index contributed by atoms with van der Waals surface area (Å²) in [6, 6.07) is 16.9. The molecule has 12 heteroatoms. The second-order valence-electron chi connectivity index (χ2n) is 7.96. The van der Waals surface area contributed by atoms with Crippen LogP contribution in [0.3, 0.4) is 0 Å². The lowest BCUT2D eigenvalue weighted by atomic mass is 10.1. The zero-order valence-electron chi connectivity index (χ0n) is 19.3. The Labute approximate surface area is 225 Å². The minimum atomic E-state index is -4.61. The zero-order valence-corrected chi connectivity index (χ0v) is 21.6. The number of carbonyl (C=O) groups is 1. The summed E-state index contributed by atoms with van der Waals surface area (Å²) in [5, 5.41) is 14.6. The second-order valence-corrected chi connectivity index (χ2v) is 9.74. The molecule has 0 radical (unpaired) electrons. The number of rotatable bonds is 7. The molecule has 1 heterocycles. The monoisotopic (exact) mass is 565 g/mol. The lowest BCUT2D eigenvalue weighted by Gasteiger charge is -2.15. The van der Waals surface area contributed by atoms with Gasteiger partial charge >= 0.3 is 12.2 Å². The number of aromatic nitrogens is 3. The predicted molar refractivity (Wildman–Crippen MR) is 139 cm³/mol. The number of hydrogen-bond acceptors (Lipinski definition) is 4. The molecule has 0 atom stereocenters. The molecule has 2 N–H and O–H groups in total. The highest BCUT2D eigenvalue weighted by atomic mass is 35.5. The van der Waals surface area contributed by atoms with Gasteiger partial charge in [0.25, 0.3) is 0 Å². The Balaban J connectivity index is 1.56. The molecule has 37 heavy (non-hydrogen) atoms. The van der Waals surface area contributed by atoms with Gasteiger partial charge in [-0.1, -0.05) is 76.9 Å². The van der Waals surface area contributed by atoms with Crippen LogP contribution in [-0.4, -0.2) is 20.8 Å². The molecule has 0 unspecified atom stereocenters. The molecule has 4 aromatic rings. The van der Waals surface area contributed by atoms with Gasteiger partial charge in [0, 0.05) is 10.8 Å². The van der Waals surface area contributed by atoms with E-state index in [1.807, 2.05) is 25.1 Å². The SMILES string of the molecule is Cc1cccc(CSc2nnc(CNC(=O)Nc3ccccc3C(F)(F)F)n2-c2ccc(Cl)cc2Cl)c1. The first-order valence-electron chi connectivity index (χ1n) is 10.9. The van der Waals surface area contributed by atoms with Gasteiger partial charge in [-0.3, -0.25) is 4.57 Å². The van der Waals surface area contributed by atoms with E-state index in [-0.39, 0.29) is 12.2 Å². The van der Waals surface area contributed by atoms with Gasteiger partial charge in [-0.2, -0.15) is 13.2 Å². The highest BCUT2D eigenvalue weighted by molar-refractivity contribution is 7.98. The molecule has 1 aromatic heterocycles. The number of benzene rings is 3. The van der Waals surface area contributed by atoms with E-state index in [2.05, 4.69) is 26.9 Å². The third kappa shape index (κ3) is 6.76. The van der Waals surface area contributed by atoms with Crippen LogP contribution in [0.4, 0.5) is 23.7 Å². The number of thioether (sulfide) groups is 1. The van der Waals surface area contributed by atoms with Crippen molar-refractivity contribution in [2.24, 2.45) is 0 Å². The van der Waals surface area contributed by atoms with Gasteiger partial charge in [-0.05, 0) is 42.8 Å². The number of aryl methyl sites for hydroxylation is 1. The summed E-state index contributed by atoms with van der Waals surface area (Å²) < 4.78 is 41.5. The number of halogens is 5. The molecule has 0 aliphatic rings. The molecule has 192 valence electrons. The third-order valence-corrected chi connectivity index (χ3v) is 6.73. The number of anilines is 1. The Hall–Kier alpha value is -3.21. The molecule has 2 amide bonds. The predicted octanol–water partition coefficient (Wildman–Crippen LogP) is 7.52. The van der Waals surface area contributed by atoms with Gasteiger partial charge in [0.05, 0.1) is 28.5 Å². The van der Waals surface area contributed by atoms with Gasteiger partial charge in [-0.15, -0.1) is 10.2 Å². The number of alkyl halides is 3. The summed E-state index contributed by atoms with van der Waals surface area (Å²) in [4.78, 5) is 12.5. The van der Waals surface area contributed by atoms with Crippen LogP contribution in [0.25, 0.3) is 5.69 Å². The van der Waals surface area contributed by atoms with Crippen LogP contribution in [0.1, 0.15) is 22.5 Å². The van der Waals surface area contributed by atoms with E-state index < -0.39 is 17.8 Å². The Morgan fingerprint density at radius 3 is 2.54 bits per heavy atom. The molecule has 0 spiro atoms. The van der Waals surface area contributed by atoms with E-state index in [4.69, 9.17) is 23.2 Å². The molecule has 0 saturated heterocycles. The van der Waals surface area contributed by atoms with Crippen LogP contribution in [0.2, 0.25) is 10.0 Å². The minimum absolute atomic E-state index is 0.128. The average molecular weight is 566 g/mol. The van der Waals surface area contributed by atoms with Crippen molar-refractivity contribution >= 4 is 46.7 Å². The van der Waals surface area contributed by atoms with Crippen molar-refractivity contribution in [2.75, 3.05) is 5.32 Å². The molecule has 0 fully saturated rings. The van der Waals surface area contributed by atoms with E-state index in [0.717, 1.165) is 17.2 Å². The van der Waals surface area contributed by atoms with Crippen molar-refractivity contribution < 1.29 is 18.0 Å². The first-order chi connectivity index (χ1) is 17.6. The molecule has 0 saturated carbocycles. The van der Waals surface area contributed by atoms with Crippen molar-refractivity contribution in [2.45, 2.75) is 30.6 Å². The fraction of sp³-hybridized carbons (Fsp3) is 0.160. The smallest absolute Gasteiger partial charge is 0.331 e. The summed E-state index contributed by atoms with van der Waals surface area (Å²) in [5.74, 6) is 0.933. The largest absolute Gasteiger partial charge is 0.418 e. The number of hydrogen-bond donors (Lipinski definition) is 2. The van der Waals surface area contributed by atoms with E-state index in [1.54, 1.807) is 22.8 Å². The van der Waals surface area contributed by atoms with E-state index in [9.17, 15) is 18.0 Å². The van der Waals surface area contributed by atoms with Crippen molar-refractivity contribution in [1.29, 1.82) is 0 Å². The van der Waals surface area contributed by atoms with Gasteiger partial charge in [0.2, 0.25) is 0 Å². The van der Waals surface area contributed by atoms with Crippen molar-refractivity contribution in [1.82, 2.24) is 20.1 Å². The summed E-state index contributed by atoms with van der Waals surface area (Å²) >= 11 is 13.9. The normalized spacial score (nSPS) is 11.4. The van der Waals surface area contributed by atoms with Crippen molar-refractivity contribution in [3.63, 3.8) is 0 Å². The van der Waals surface area contributed by atoms with Crippen LogP contribution < -0.4 is 10.6 Å². The van der Waals surface area contributed by atoms with E-state index >= 15 is 0 Å². The highest BCUT2D eigenvalue weighted by Gasteiger charge is 2.33. The molecule has 0 aliphatic heterocycles. The first-order valence-corrected chi connectivity index (χ1v) is 12.6. The first kappa shape index (κ1) is 26.8. The third-order valence-electron chi connectivity index (χ3n) is 5.19. The molecule has 0 aliphatic carbocycles. The number of urea groups is 1. The Morgan fingerprint density at radius 1 is 1.03 bits per heavy atom. The fourth-order valence-corrected chi connectivity index (χ4v) is 4.93. The van der Waals surface area contributed by atoms with Gasteiger partial charge < -0.3 is 10.6 Å². The maximum atomic E-state index is 13.3. The Morgan fingerprint density at radius 2 is 1.81 bits per heavy atom. The van der Waals surface area contributed by atoms with Gasteiger partial charge in [0.1, 0.15) is 0 Å². The molecular formula is C25H20Cl2F3N5OS. The number of nitrogens with one attached hydrogen (secondary N) is 2. The van der Waals surface area contributed by atoms with Crippen molar-refractivity contribution in [3.8, 4) is 5.69 Å². The summed E-state index contributed by atoms with van der Waals surface area (Å²) in [6.07, 6.45) is -4.61. The molecular weight excluding hydrogens is 546 g/mol. The highest BCUT2D eigenvalue weighted by Crippen LogP contribution is 2.34. The van der Waals surface area contributed by atoms with Crippen LogP contribution in [-0.2, 0) is 18.5 Å². The molecule has 4 rings (SSSR count). The van der Waals surface area contributed by atoms with Crippen LogP contribution in [0.15, 0.2) is 71.9 Å². The fourth-order valence-electron chi connectivity index (χ4n) is 3.53. The van der Waals surface area contributed by atoms with Crippen LogP contribution in [0.5, 0.6) is 0 Å². The van der Waals surface area contributed by atoms with Crippen molar-refractivity contribution in [3.05, 3.63) is 99.3 Å². The van der Waals surface area contributed by atoms with E-state index in [1.165, 1.54) is 30.0 Å². The maximum Gasteiger partial charge on any atom is 0.418 e. The lowest BCUT2D eigenvalue weighted by Crippen LogP contribution is -2.30. The number of amides is 2. The number of nitrogens with zero attached hydrogens (tertiary/aromatic N) is 3. The van der Waals surface area contributed by atoms with Gasteiger partial charge in [0.15, 0.2) is 11.0 Å². The minimum Gasteiger partial charge on any atom is -0.331 e. The summed E-state index contributed by atoms with van der Waals surface area (Å²) in [6.45, 7) is 1.88. The Bertz CT molecular complexity index is 1430. The molecule has 0 bridgehead atoms. The lowest BCUT2D eigenvalue weighted by molar-refractivity contribution is -0.136. The maximum absolute atomic E-state index is 13.3. The molecule has 3 aromatic carbocycles. The van der Waals surface area contributed by atoms with E-state index in [0.29, 0.717) is 32.5 Å². The zero-order chi connectivity index (χ0) is 26.6. The van der Waals surface area contributed by atoms with Crippen LogP contribution in [0, 0.1) is 6.92 Å². The van der Waals surface area contributed by atoms with Crippen LogP contribution >= 0.6 is 35.0 Å². The van der Waals surface area contributed by atoms with Gasteiger partial charge in [-0.25, -0.2) is 4.79 Å². The molecule has 6 nitrogen and oxygen atoms in total. The summed E-state index contributed by atoms with van der Waals surface area (Å²) in [5.41, 5.74) is 1.45. The topological polar surface area (TPSA) is 71.8 Å². The Kier molecular flexibility index (Phi) is 8.31. The standard InChI is InChI=1S/C25H20Cl2F3N5OS/c1-15-5-4-6-16(11-15)14-37-24-34-33-22(35(24)21-10-9-17(26)12-19(21)27)13-31-23(36)32-20-8-3-2-7-18(20)25(28,29)30/h2-12H,13-14H2,1H3,(H2,31,32,36). The number of carbonyl (C=O) groups excluding carboxylic acids is 1. The summed E-state index contributed by atoms with van der Waals surface area (Å²) in [7, 11) is 0. The average Bonchev–Trinajstić information content (AvgIpc) is 3.24. The second kappa shape index (κ2) is 11.5. The number of para-hydroxylation sites is 1.